The van der Waals surface area contributed by atoms with Crippen molar-refractivity contribution in [3.8, 4) is 0 Å². The van der Waals surface area contributed by atoms with Crippen molar-refractivity contribution < 1.29 is 0 Å². The zero-order valence-electron chi connectivity index (χ0n) is 59.6. The molecule has 0 aliphatic carbocycles. The average Bonchev–Trinajstić information content (AvgIpc) is 0.814. The fourth-order valence-corrected chi connectivity index (χ4v) is 16.5. The van der Waals surface area contributed by atoms with E-state index < -0.39 is 0 Å². The van der Waals surface area contributed by atoms with Gasteiger partial charge in [0, 0.05) is 0 Å². The summed E-state index contributed by atoms with van der Waals surface area (Å²) in [6, 6.07) is 156. The summed E-state index contributed by atoms with van der Waals surface area (Å²) in [5.41, 5.74) is 0. The number of fused-ring (bicyclic) bond motifs is 28. The molecule has 0 aliphatic heterocycles. The molecule has 24 aromatic rings. The topological polar surface area (TPSA) is 0 Å². The first kappa shape index (κ1) is 64.8. The van der Waals surface area contributed by atoms with Crippen LogP contribution in [0.1, 0.15) is 0 Å². The van der Waals surface area contributed by atoms with Crippen molar-refractivity contribution in [2.75, 3.05) is 0 Å². The van der Waals surface area contributed by atoms with Gasteiger partial charge in [-0.1, -0.05) is 413 Å². The van der Waals surface area contributed by atoms with Crippen LogP contribution in [-0.4, -0.2) is 0 Å². The molecule has 0 nitrogen and oxygen atoms in total. The SMILES string of the molecule is c1ccc2c(c1)ccc1c3ccccc3ccc21.c1ccc2c(c1)ccc1c3ccccc3ccc21.c1ccc2c(c1)ccc1c3ccccc3ccc21.c1ccc2c(c1)ccc1c3ccccc3ccc21.c1ccc2cc3c(ccc4ccccc43)cc2c1.c1ccc2cc3c(ccc4ccccc43)cc2c1. The molecule has 504 valence electrons. The monoisotopic (exact) mass is 1370 g/mol. The fourth-order valence-electron chi connectivity index (χ4n) is 16.5. The molecule has 0 heteroatoms. The number of rotatable bonds is 0. The second-order valence-electron chi connectivity index (χ2n) is 28.1. The van der Waals surface area contributed by atoms with Gasteiger partial charge in [0.1, 0.15) is 0 Å². The van der Waals surface area contributed by atoms with E-state index in [1.165, 1.54) is 194 Å². The molecule has 0 aromatic heterocycles. The predicted molar refractivity (Wildman–Crippen MR) is 474 cm³/mol. The summed E-state index contributed by atoms with van der Waals surface area (Å²) < 4.78 is 0. The number of benzene rings is 24. The second kappa shape index (κ2) is 28.5. The molecule has 0 fully saturated rings. The molecule has 0 aliphatic rings. The molecule has 0 saturated carbocycles. The Balaban J connectivity index is 0.0000000882. The van der Waals surface area contributed by atoms with Crippen molar-refractivity contribution >= 4 is 194 Å². The van der Waals surface area contributed by atoms with Gasteiger partial charge in [0.25, 0.3) is 0 Å². The maximum Gasteiger partial charge on any atom is -0.00990 e. The molecule has 24 aromatic carbocycles. The summed E-state index contributed by atoms with van der Waals surface area (Å²) in [6.45, 7) is 0. The summed E-state index contributed by atoms with van der Waals surface area (Å²) in [4.78, 5) is 0. The Bertz CT molecular complexity index is 6350. The lowest BCUT2D eigenvalue weighted by Gasteiger charge is -2.07. The van der Waals surface area contributed by atoms with Gasteiger partial charge in [0.15, 0.2) is 0 Å². The second-order valence-corrected chi connectivity index (χ2v) is 28.1. The Hall–Kier alpha value is -14.0. The maximum absolute atomic E-state index is 2.30. The van der Waals surface area contributed by atoms with E-state index in [9.17, 15) is 0 Å². The first-order chi connectivity index (χ1) is 53.6. The normalized spacial score (nSPS) is 11.3. The fraction of sp³-hybridized carbons (Fsp3) is 0. The van der Waals surface area contributed by atoms with Gasteiger partial charge in [-0.15, -0.1) is 0 Å². The van der Waals surface area contributed by atoms with Gasteiger partial charge in [-0.3, -0.25) is 0 Å². The van der Waals surface area contributed by atoms with Crippen LogP contribution < -0.4 is 0 Å². The van der Waals surface area contributed by atoms with Gasteiger partial charge in [-0.2, -0.15) is 0 Å². The summed E-state index contributed by atoms with van der Waals surface area (Å²) in [5.74, 6) is 0. The highest BCUT2D eigenvalue weighted by molar-refractivity contribution is 6.22. The zero-order valence-corrected chi connectivity index (χ0v) is 59.6. The van der Waals surface area contributed by atoms with Gasteiger partial charge in [0.2, 0.25) is 0 Å². The molecule has 0 N–H and O–H groups in total. The quantitative estimate of drug-likeness (QED) is 0.105. The van der Waals surface area contributed by atoms with E-state index >= 15 is 0 Å². The Labute approximate surface area is 626 Å². The third-order valence-corrected chi connectivity index (χ3v) is 21.8. The zero-order chi connectivity index (χ0) is 71.7. The third kappa shape index (κ3) is 12.4. The standard InChI is InChI=1S/6C18H12/c4*1-3-7-15-13(5-1)9-11-18-16-8-4-2-6-14(16)10-12-17(15)18;2*1-2-7-15-12-18-16(11-14(15)6-1)10-9-13-5-3-4-8-17(13)18/h6*1-12H. The molecule has 0 heterocycles. The highest BCUT2D eigenvalue weighted by Gasteiger charge is 2.10. The molecule has 0 atom stereocenters. The minimum absolute atomic E-state index is 1.31. The number of hydrogen-bond donors (Lipinski definition) is 0. The minimum atomic E-state index is 1.31. The molecule has 0 amide bonds. The average molecular weight is 1370 g/mol. The Morgan fingerprint density at radius 2 is 0.185 bits per heavy atom. The molecular weight excluding hydrogens is 1300 g/mol. The first-order valence-corrected chi connectivity index (χ1v) is 37.3. The highest BCUT2D eigenvalue weighted by atomic mass is 14.1. The van der Waals surface area contributed by atoms with Gasteiger partial charge in [0.05, 0.1) is 0 Å². The smallest absolute Gasteiger partial charge is 0.00990 e. The molecule has 0 unspecified atom stereocenters. The molecule has 108 heavy (non-hydrogen) atoms. The van der Waals surface area contributed by atoms with Crippen LogP contribution in [0, 0.1) is 0 Å². The van der Waals surface area contributed by atoms with E-state index in [0.29, 0.717) is 0 Å². The van der Waals surface area contributed by atoms with Crippen molar-refractivity contribution in [1.82, 2.24) is 0 Å². The Morgan fingerprint density at radius 3 is 0.361 bits per heavy atom. The predicted octanol–water partition coefficient (Wildman–Crippen LogP) is 30.9. The van der Waals surface area contributed by atoms with Crippen molar-refractivity contribution in [2.45, 2.75) is 0 Å². The van der Waals surface area contributed by atoms with Crippen molar-refractivity contribution in [1.29, 1.82) is 0 Å². The lowest BCUT2D eigenvalue weighted by molar-refractivity contribution is 1.77. The molecule has 0 bridgehead atoms. The third-order valence-electron chi connectivity index (χ3n) is 21.8. The molecule has 0 saturated heterocycles. The van der Waals surface area contributed by atoms with E-state index in [4.69, 9.17) is 0 Å². The summed E-state index contributed by atoms with van der Waals surface area (Å²) in [6.07, 6.45) is 0. The summed E-state index contributed by atoms with van der Waals surface area (Å²) in [5, 5.41) is 47.6. The van der Waals surface area contributed by atoms with Gasteiger partial charge >= 0.3 is 0 Å². The largest absolute Gasteiger partial charge is 0.0616 e. The van der Waals surface area contributed by atoms with Crippen LogP contribution in [0.2, 0.25) is 0 Å². The molecular formula is C108H72. The van der Waals surface area contributed by atoms with Gasteiger partial charge in [-0.05, 0) is 218 Å². The van der Waals surface area contributed by atoms with Crippen LogP contribution in [0.3, 0.4) is 0 Å². The van der Waals surface area contributed by atoms with Gasteiger partial charge in [-0.25, -0.2) is 0 Å². The minimum Gasteiger partial charge on any atom is -0.0616 e. The van der Waals surface area contributed by atoms with E-state index in [1.54, 1.807) is 0 Å². The lowest BCUT2D eigenvalue weighted by atomic mass is 9.97. The molecule has 24 rings (SSSR count). The van der Waals surface area contributed by atoms with Crippen LogP contribution in [0.4, 0.5) is 0 Å². The van der Waals surface area contributed by atoms with Gasteiger partial charge < -0.3 is 0 Å². The van der Waals surface area contributed by atoms with E-state index in [1.807, 2.05) is 0 Å². The van der Waals surface area contributed by atoms with E-state index in [2.05, 4.69) is 437 Å². The molecule has 0 spiro atoms. The first-order valence-electron chi connectivity index (χ1n) is 37.3. The van der Waals surface area contributed by atoms with Crippen molar-refractivity contribution in [3.05, 3.63) is 437 Å². The van der Waals surface area contributed by atoms with Crippen LogP contribution in [0.25, 0.3) is 194 Å². The van der Waals surface area contributed by atoms with Crippen LogP contribution in [0.5, 0.6) is 0 Å². The maximum atomic E-state index is 2.30. The summed E-state index contributed by atoms with van der Waals surface area (Å²) >= 11 is 0. The number of hydrogen-bond acceptors (Lipinski definition) is 0. The Kier molecular flexibility index (Phi) is 17.1. The van der Waals surface area contributed by atoms with E-state index in [-0.39, 0.29) is 0 Å². The summed E-state index contributed by atoms with van der Waals surface area (Å²) in [7, 11) is 0. The van der Waals surface area contributed by atoms with Crippen LogP contribution >= 0.6 is 0 Å². The van der Waals surface area contributed by atoms with Crippen LogP contribution in [-0.2, 0) is 0 Å². The molecule has 0 radical (unpaired) electrons. The van der Waals surface area contributed by atoms with Crippen molar-refractivity contribution in [3.63, 3.8) is 0 Å². The lowest BCUT2D eigenvalue weighted by Crippen LogP contribution is -1.79. The Morgan fingerprint density at radius 1 is 0.0648 bits per heavy atom. The van der Waals surface area contributed by atoms with Crippen molar-refractivity contribution in [2.24, 2.45) is 0 Å². The van der Waals surface area contributed by atoms with E-state index in [0.717, 1.165) is 0 Å². The van der Waals surface area contributed by atoms with Crippen LogP contribution in [0.15, 0.2) is 437 Å². The highest BCUT2D eigenvalue weighted by Crippen LogP contribution is 2.37.